The Balaban J connectivity index is 1.90. The van der Waals surface area contributed by atoms with Crippen molar-refractivity contribution in [2.24, 2.45) is 0 Å². The van der Waals surface area contributed by atoms with E-state index in [4.69, 9.17) is 0 Å². The molecule has 2 aromatic carbocycles. The molecule has 4 rings (SSSR count). The van der Waals surface area contributed by atoms with E-state index in [1.54, 1.807) is 12.1 Å². The van der Waals surface area contributed by atoms with Gasteiger partial charge in [-0.05, 0) is 30.3 Å². The second-order valence-corrected chi connectivity index (χ2v) is 6.36. The summed E-state index contributed by atoms with van der Waals surface area (Å²) in [5.41, 5.74) is -0.0798. The summed E-state index contributed by atoms with van der Waals surface area (Å²) in [6.07, 6.45) is 1.23. The van der Waals surface area contributed by atoms with Crippen LogP contribution in [0.1, 0.15) is 5.56 Å². The zero-order valence-corrected chi connectivity index (χ0v) is 12.9. The highest BCUT2D eigenvalue weighted by Crippen LogP contribution is 2.31. The zero-order chi connectivity index (χ0) is 16.8. The molecule has 2 heterocycles. The Hall–Kier alpha value is -2.67. The lowest BCUT2D eigenvalue weighted by Crippen LogP contribution is -2.20. The van der Waals surface area contributed by atoms with Crippen molar-refractivity contribution in [3.05, 3.63) is 76.1 Å². The van der Waals surface area contributed by atoms with Crippen molar-refractivity contribution in [2.75, 3.05) is 0 Å². The summed E-state index contributed by atoms with van der Waals surface area (Å²) < 4.78 is 43.1. The van der Waals surface area contributed by atoms with Gasteiger partial charge in [0, 0.05) is 10.3 Å². The van der Waals surface area contributed by atoms with Gasteiger partial charge < -0.3 is 0 Å². The number of hydrogen-bond donors (Lipinski definition) is 0. The van der Waals surface area contributed by atoms with Gasteiger partial charge in [0.1, 0.15) is 22.2 Å². The third-order valence-electron chi connectivity index (χ3n) is 3.77. The molecule has 24 heavy (non-hydrogen) atoms. The molecule has 0 aliphatic heterocycles. The first-order chi connectivity index (χ1) is 11.5. The topological polar surface area (TPSA) is 34.9 Å². The van der Waals surface area contributed by atoms with E-state index in [-0.39, 0.29) is 22.3 Å². The Kier molecular flexibility index (Phi) is 3.38. The fraction of sp³-hybridized carbons (Fsp3) is 0.0588. The minimum atomic E-state index is -0.606. The normalized spacial score (nSPS) is 11.5. The van der Waals surface area contributed by atoms with Gasteiger partial charge in [-0.1, -0.05) is 6.07 Å². The average molecular weight is 346 g/mol. The molecule has 120 valence electrons. The zero-order valence-electron chi connectivity index (χ0n) is 12.1. The van der Waals surface area contributed by atoms with Crippen LogP contribution < -0.4 is 5.56 Å². The van der Waals surface area contributed by atoms with Crippen LogP contribution in [0.2, 0.25) is 0 Å². The number of fused-ring (bicyclic) bond motifs is 3. The lowest BCUT2D eigenvalue weighted by Gasteiger charge is -2.06. The molecule has 0 fully saturated rings. The maximum Gasteiger partial charge on any atom is 0.271 e. The van der Waals surface area contributed by atoms with Gasteiger partial charge in [0.2, 0.25) is 0 Å². The molecule has 0 aliphatic rings. The number of hydrogen-bond acceptors (Lipinski definition) is 3. The SMILES string of the molecule is O=c1c2sc3cccc(F)c3c2ncn1Cc1cc(F)ccc1F. The van der Waals surface area contributed by atoms with E-state index in [1.807, 2.05) is 0 Å². The van der Waals surface area contributed by atoms with Crippen molar-refractivity contribution < 1.29 is 13.2 Å². The standard InChI is InChI=1S/C17H9F3N2OS/c18-10-4-5-11(19)9(6-10)7-22-8-21-15-14-12(20)2-1-3-13(14)24-16(15)17(22)23/h1-6,8H,7H2. The number of nitrogens with zero attached hydrogens (tertiary/aromatic N) is 2. The molecular formula is C17H9F3N2OS. The van der Waals surface area contributed by atoms with E-state index in [2.05, 4.69) is 4.98 Å². The predicted molar refractivity (Wildman–Crippen MR) is 86.8 cm³/mol. The van der Waals surface area contributed by atoms with Gasteiger partial charge in [-0.2, -0.15) is 0 Å². The fourth-order valence-electron chi connectivity index (χ4n) is 2.63. The Morgan fingerprint density at radius 3 is 2.75 bits per heavy atom. The second kappa shape index (κ2) is 5.45. The highest BCUT2D eigenvalue weighted by Gasteiger charge is 2.15. The molecule has 0 unspecified atom stereocenters. The molecule has 0 bridgehead atoms. The van der Waals surface area contributed by atoms with E-state index in [0.717, 1.165) is 29.5 Å². The third kappa shape index (κ3) is 2.28. The van der Waals surface area contributed by atoms with Crippen molar-refractivity contribution >= 4 is 31.6 Å². The first-order valence-corrected chi connectivity index (χ1v) is 7.86. The largest absolute Gasteiger partial charge is 0.293 e. The summed E-state index contributed by atoms with van der Waals surface area (Å²) in [6, 6.07) is 7.64. The highest BCUT2D eigenvalue weighted by molar-refractivity contribution is 7.25. The van der Waals surface area contributed by atoms with Gasteiger partial charge in [0.25, 0.3) is 5.56 Å². The molecule has 3 nitrogen and oxygen atoms in total. The van der Waals surface area contributed by atoms with E-state index >= 15 is 0 Å². The molecule has 0 atom stereocenters. The number of thiophene rings is 1. The molecule has 0 saturated heterocycles. The summed E-state index contributed by atoms with van der Waals surface area (Å²) in [4.78, 5) is 16.8. The number of rotatable bonds is 2. The number of benzene rings is 2. The average Bonchev–Trinajstić information content (AvgIpc) is 2.94. The van der Waals surface area contributed by atoms with Gasteiger partial charge in [0.15, 0.2) is 0 Å². The van der Waals surface area contributed by atoms with Crippen LogP contribution in [-0.4, -0.2) is 9.55 Å². The van der Waals surface area contributed by atoms with Crippen molar-refractivity contribution in [1.82, 2.24) is 9.55 Å². The fourth-order valence-corrected chi connectivity index (χ4v) is 3.75. The summed E-state index contributed by atoms with van der Waals surface area (Å²) in [5, 5.41) is 0.304. The van der Waals surface area contributed by atoms with Crippen molar-refractivity contribution in [3.63, 3.8) is 0 Å². The Labute approximate surface area is 137 Å². The molecule has 0 saturated carbocycles. The minimum Gasteiger partial charge on any atom is -0.293 e. The monoisotopic (exact) mass is 346 g/mol. The van der Waals surface area contributed by atoms with Gasteiger partial charge in [-0.3, -0.25) is 9.36 Å². The Bertz CT molecular complexity index is 1150. The first kappa shape index (κ1) is 14.9. The number of aromatic nitrogens is 2. The second-order valence-electron chi connectivity index (χ2n) is 5.31. The third-order valence-corrected chi connectivity index (χ3v) is 4.90. The van der Waals surface area contributed by atoms with Gasteiger partial charge in [-0.25, -0.2) is 18.2 Å². The smallest absolute Gasteiger partial charge is 0.271 e. The van der Waals surface area contributed by atoms with Crippen LogP contribution in [-0.2, 0) is 6.54 Å². The Morgan fingerprint density at radius 2 is 1.92 bits per heavy atom. The highest BCUT2D eigenvalue weighted by atomic mass is 32.1. The molecule has 0 N–H and O–H groups in total. The lowest BCUT2D eigenvalue weighted by atomic mass is 10.2. The maximum absolute atomic E-state index is 14.0. The lowest BCUT2D eigenvalue weighted by molar-refractivity contribution is 0.574. The van der Waals surface area contributed by atoms with Crippen LogP contribution in [0.5, 0.6) is 0 Å². The van der Waals surface area contributed by atoms with Crippen molar-refractivity contribution in [1.29, 1.82) is 0 Å². The quantitative estimate of drug-likeness (QED) is 0.548. The van der Waals surface area contributed by atoms with Crippen molar-refractivity contribution in [3.8, 4) is 0 Å². The molecular weight excluding hydrogens is 337 g/mol. The molecule has 0 radical (unpaired) electrons. The van der Waals surface area contributed by atoms with Crippen LogP contribution in [0.3, 0.4) is 0 Å². The van der Waals surface area contributed by atoms with E-state index in [9.17, 15) is 18.0 Å². The predicted octanol–water partition coefficient (Wildman–Crippen LogP) is 4.08. The van der Waals surface area contributed by atoms with Crippen LogP contribution in [0, 0.1) is 17.5 Å². The molecule has 4 aromatic rings. The first-order valence-electron chi connectivity index (χ1n) is 7.04. The molecule has 2 aromatic heterocycles. The van der Waals surface area contributed by atoms with Crippen LogP contribution >= 0.6 is 11.3 Å². The van der Waals surface area contributed by atoms with Crippen molar-refractivity contribution in [2.45, 2.75) is 6.54 Å². The Morgan fingerprint density at radius 1 is 1.08 bits per heavy atom. The molecule has 7 heteroatoms. The summed E-state index contributed by atoms with van der Waals surface area (Å²) >= 11 is 1.13. The number of halogens is 3. The van der Waals surface area contributed by atoms with Gasteiger partial charge in [-0.15, -0.1) is 11.3 Å². The molecule has 0 spiro atoms. The molecule has 0 amide bonds. The summed E-state index contributed by atoms with van der Waals surface area (Å²) in [5.74, 6) is -1.64. The molecule has 0 aliphatic carbocycles. The van der Waals surface area contributed by atoms with Crippen LogP contribution in [0.4, 0.5) is 13.2 Å². The minimum absolute atomic E-state index is 0.0468. The summed E-state index contributed by atoms with van der Waals surface area (Å²) in [7, 11) is 0. The maximum atomic E-state index is 14.0. The van der Waals surface area contributed by atoms with Gasteiger partial charge >= 0.3 is 0 Å². The van der Waals surface area contributed by atoms with E-state index in [1.165, 1.54) is 17.0 Å². The van der Waals surface area contributed by atoms with E-state index < -0.39 is 23.0 Å². The van der Waals surface area contributed by atoms with Crippen LogP contribution in [0.15, 0.2) is 47.5 Å². The van der Waals surface area contributed by atoms with Gasteiger partial charge in [0.05, 0.1) is 23.8 Å². The van der Waals surface area contributed by atoms with E-state index in [0.29, 0.717) is 10.1 Å². The summed E-state index contributed by atoms with van der Waals surface area (Å²) in [6.45, 7) is -0.151. The van der Waals surface area contributed by atoms with Crippen LogP contribution in [0.25, 0.3) is 20.3 Å².